The molecule has 2 aromatic carbocycles. The van der Waals surface area contributed by atoms with Crippen LogP contribution in [0.3, 0.4) is 0 Å². The van der Waals surface area contributed by atoms with Crippen LogP contribution in [-0.2, 0) is 11.2 Å². The van der Waals surface area contributed by atoms with Gasteiger partial charge < -0.3 is 20.3 Å². The number of hydrogen-bond donors (Lipinski definition) is 2. The van der Waals surface area contributed by atoms with Gasteiger partial charge in [-0.2, -0.15) is 5.26 Å². The Hall–Kier alpha value is -3.02. The molecule has 2 amide bonds. The van der Waals surface area contributed by atoms with Gasteiger partial charge in [0.15, 0.2) is 0 Å². The first kappa shape index (κ1) is 24.1. The van der Waals surface area contributed by atoms with Crippen molar-refractivity contribution in [2.75, 3.05) is 31.6 Å². The van der Waals surface area contributed by atoms with E-state index in [9.17, 15) is 13.6 Å². The van der Waals surface area contributed by atoms with Gasteiger partial charge in [-0.25, -0.2) is 13.6 Å². The van der Waals surface area contributed by atoms with E-state index in [1.807, 2.05) is 18.2 Å². The van der Waals surface area contributed by atoms with Crippen molar-refractivity contribution < 1.29 is 21.2 Å². The standard InChI is InChI=1S/C26H30F2N4O2.2H2/c27-21-5-1-18(2-6-21)13-19-9-11-32(12-10-19)16-25-24(14-22(28)17-34-25)31-26(33)30-23-7-3-20(15-29)4-8-23;;/h1-8,19,22,24-25H,9-14,16-17H2,(H2,30,31,33);2*1H/t22-,24-,25-;;/m1../s1. The summed E-state index contributed by atoms with van der Waals surface area (Å²) in [6.45, 7) is 2.50. The Labute approximate surface area is 201 Å². The molecule has 2 aromatic rings. The fourth-order valence-electron chi connectivity index (χ4n) is 4.72. The van der Waals surface area contributed by atoms with Crippen LogP contribution in [0.15, 0.2) is 48.5 Å². The lowest BCUT2D eigenvalue weighted by molar-refractivity contribution is -0.0615. The van der Waals surface area contributed by atoms with Gasteiger partial charge in [0.25, 0.3) is 0 Å². The van der Waals surface area contributed by atoms with Crippen LogP contribution in [0.5, 0.6) is 0 Å². The molecule has 0 saturated carbocycles. The van der Waals surface area contributed by atoms with E-state index >= 15 is 0 Å². The van der Waals surface area contributed by atoms with Gasteiger partial charge in [0.2, 0.25) is 0 Å². The minimum Gasteiger partial charge on any atom is -0.372 e. The molecule has 34 heavy (non-hydrogen) atoms. The average Bonchev–Trinajstić information content (AvgIpc) is 2.84. The lowest BCUT2D eigenvalue weighted by Gasteiger charge is -2.39. The molecular formula is C26H34F2N4O2. The summed E-state index contributed by atoms with van der Waals surface area (Å²) in [6.07, 6.45) is 1.83. The van der Waals surface area contributed by atoms with Crippen LogP contribution >= 0.6 is 0 Å². The van der Waals surface area contributed by atoms with E-state index in [0.29, 0.717) is 23.7 Å². The van der Waals surface area contributed by atoms with Crippen LogP contribution in [0, 0.1) is 23.1 Å². The molecule has 8 heteroatoms. The van der Waals surface area contributed by atoms with Gasteiger partial charge in [-0.05, 0) is 80.2 Å². The number of carbonyl (C=O) groups is 1. The van der Waals surface area contributed by atoms with Crippen molar-refractivity contribution in [2.24, 2.45) is 5.92 Å². The Kier molecular flexibility index (Phi) is 8.09. The quantitative estimate of drug-likeness (QED) is 0.636. The average molecular weight is 473 g/mol. The molecule has 2 heterocycles. The molecule has 2 fully saturated rings. The van der Waals surface area contributed by atoms with E-state index < -0.39 is 18.2 Å². The van der Waals surface area contributed by atoms with Crippen LogP contribution in [0.2, 0.25) is 0 Å². The van der Waals surface area contributed by atoms with Gasteiger partial charge in [0.1, 0.15) is 12.0 Å². The Morgan fingerprint density at radius 1 is 1.15 bits per heavy atom. The maximum atomic E-state index is 14.1. The van der Waals surface area contributed by atoms with E-state index in [-0.39, 0.29) is 27.8 Å². The highest BCUT2D eigenvalue weighted by molar-refractivity contribution is 5.89. The molecule has 2 aliphatic rings. The monoisotopic (exact) mass is 472 g/mol. The third-order valence-electron chi connectivity index (χ3n) is 6.62. The zero-order valence-corrected chi connectivity index (χ0v) is 19.1. The molecular weight excluding hydrogens is 438 g/mol. The summed E-state index contributed by atoms with van der Waals surface area (Å²) in [5, 5.41) is 14.5. The zero-order valence-electron chi connectivity index (χ0n) is 19.1. The summed E-state index contributed by atoms with van der Waals surface area (Å²) in [4.78, 5) is 14.8. The molecule has 3 atom stereocenters. The van der Waals surface area contributed by atoms with Crippen molar-refractivity contribution in [3.63, 3.8) is 0 Å². The van der Waals surface area contributed by atoms with Crippen molar-refractivity contribution in [3.05, 3.63) is 65.5 Å². The summed E-state index contributed by atoms with van der Waals surface area (Å²) in [5.74, 6) is 0.339. The molecule has 0 unspecified atom stereocenters. The second kappa shape index (κ2) is 11.4. The van der Waals surface area contributed by atoms with E-state index in [1.165, 1.54) is 12.1 Å². The summed E-state index contributed by atoms with van der Waals surface area (Å²) in [6, 6.07) is 14.5. The predicted octanol–water partition coefficient (Wildman–Crippen LogP) is 4.76. The minimum absolute atomic E-state index is 0. The number of nitriles is 1. The number of anilines is 1. The number of halogens is 2. The lowest BCUT2D eigenvalue weighted by atomic mass is 9.89. The molecule has 0 aromatic heterocycles. The Morgan fingerprint density at radius 3 is 2.53 bits per heavy atom. The van der Waals surface area contributed by atoms with Crippen LogP contribution < -0.4 is 10.6 Å². The topological polar surface area (TPSA) is 77.4 Å². The second-order valence-electron chi connectivity index (χ2n) is 9.17. The molecule has 0 radical (unpaired) electrons. The number of ether oxygens (including phenoxy) is 1. The van der Waals surface area contributed by atoms with Gasteiger partial charge in [0.05, 0.1) is 30.4 Å². The first-order valence-corrected chi connectivity index (χ1v) is 11.8. The maximum Gasteiger partial charge on any atom is 0.319 e. The molecule has 0 spiro atoms. The van der Waals surface area contributed by atoms with Crippen LogP contribution in [0.1, 0.15) is 33.2 Å². The van der Waals surface area contributed by atoms with Gasteiger partial charge in [-0.1, -0.05) is 12.1 Å². The van der Waals surface area contributed by atoms with E-state index in [2.05, 4.69) is 15.5 Å². The molecule has 2 aliphatic heterocycles. The van der Waals surface area contributed by atoms with E-state index in [1.54, 1.807) is 24.3 Å². The maximum absolute atomic E-state index is 14.1. The summed E-state index contributed by atoms with van der Waals surface area (Å²) < 4.78 is 33.0. The summed E-state index contributed by atoms with van der Waals surface area (Å²) in [5.41, 5.74) is 2.22. The van der Waals surface area contributed by atoms with Crippen molar-refractivity contribution >= 4 is 11.7 Å². The normalized spacial score (nSPS) is 23.7. The van der Waals surface area contributed by atoms with E-state index in [4.69, 9.17) is 10.00 Å². The van der Waals surface area contributed by atoms with Crippen molar-refractivity contribution in [3.8, 4) is 6.07 Å². The van der Waals surface area contributed by atoms with Crippen molar-refractivity contribution in [1.82, 2.24) is 10.2 Å². The number of alkyl halides is 1. The number of nitrogens with one attached hydrogen (secondary N) is 2. The number of likely N-dealkylation sites (tertiary alicyclic amines) is 1. The molecule has 2 N–H and O–H groups in total. The molecule has 2 saturated heterocycles. The fourth-order valence-corrected chi connectivity index (χ4v) is 4.72. The fraction of sp³-hybridized carbons (Fsp3) is 0.462. The number of hydrogen-bond acceptors (Lipinski definition) is 4. The van der Waals surface area contributed by atoms with Crippen LogP contribution in [0.25, 0.3) is 0 Å². The van der Waals surface area contributed by atoms with Crippen molar-refractivity contribution in [2.45, 2.75) is 44.0 Å². The Bertz CT molecular complexity index is 996. The Balaban J connectivity index is 0.00000228. The number of benzene rings is 2. The predicted molar refractivity (Wildman–Crippen MR) is 130 cm³/mol. The molecule has 4 rings (SSSR count). The smallest absolute Gasteiger partial charge is 0.319 e. The SMILES string of the molecule is N#Cc1ccc(NC(=O)N[C@@H]2C[C@@H](F)CO[C@@H]2CN2CCC(Cc3ccc(F)cc3)CC2)cc1.[HH].[HH]. The molecule has 0 bridgehead atoms. The third-order valence-corrected chi connectivity index (χ3v) is 6.62. The Morgan fingerprint density at radius 2 is 1.85 bits per heavy atom. The number of amides is 2. The highest BCUT2D eigenvalue weighted by atomic mass is 19.1. The van der Waals surface area contributed by atoms with Gasteiger partial charge in [0, 0.05) is 21.5 Å². The second-order valence-corrected chi connectivity index (χ2v) is 9.17. The highest BCUT2D eigenvalue weighted by Crippen LogP contribution is 2.24. The zero-order chi connectivity index (χ0) is 23.9. The van der Waals surface area contributed by atoms with Crippen molar-refractivity contribution in [1.29, 1.82) is 5.26 Å². The molecule has 0 aliphatic carbocycles. The number of piperidine rings is 1. The van der Waals surface area contributed by atoms with Gasteiger partial charge in [-0.3, -0.25) is 0 Å². The number of rotatable bonds is 6. The highest BCUT2D eigenvalue weighted by Gasteiger charge is 2.34. The lowest BCUT2D eigenvalue weighted by Crippen LogP contribution is -2.55. The number of carbonyl (C=O) groups excluding carboxylic acids is 1. The molecule has 184 valence electrons. The number of urea groups is 1. The minimum atomic E-state index is -1.11. The molecule has 6 nitrogen and oxygen atoms in total. The van der Waals surface area contributed by atoms with E-state index in [0.717, 1.165) is 37.9 Å². The van der Waals surface area contributed by atoms with Gasteiger partial charge >= 0.3 is 6.03 Å². The summed E-state index contributed by atoms with van der Waals surface area (Å²) in [7, 11) is 0. The largest absolute Gasteiger partial charge is 0.372 e. The summed E-state index contributed by atoms with van der Waals surface area (Å²) >= 11 is 0. The van der Waals surface area contributed by atoms with Gasteiger partial charge in [-0.15, -0.1) is 0 Å². The van der Waals surface area contributed by atoms with Crippen LogP contribution in [0.4, 0.5) is 19.3 Å². The third kappa shape index (κ3) is 6.75. The first-order valence-electron chi connectivity index (χ1n) is 11.8. The number of nitrogens with zero attached hydrogens (tertiary/aromatic N) is 2. The van der Waals surface area contributed by atoms with Crippen LogP contribution in [-0.4, -0.2) is 55.5 Å². The first-order chi connectivity index (χ1) is 16.5.